The summed E-state index contributed by atoms with van der Waals surface area (Å²) >= 11 is 3.50. The minimum absolute atomic E-state index is 0.215. The molecule has 0 fully saturated rings. The van der Waals surface area contributed by atoms with E-state index in [1.165, 1.54) is 0 Å². The molecule has 0 aliphatic heterocycles. The van der Waals surface area contributed by atoms with Gasteiger partial charge in [0.15, 0.2) is 0 Å². The second-order valence-corrected chi connectivity index (χ2v) is 4.99. The number of ether oxygens (including phenoxy) is 1. The SMILES string of the molecule is COc1ccc(Br)c(-c2nc3ccc(O)cc3[nH]2)c1. The Bertz CT molecular complexity index is 752. The van der Waals surface area contributed by atoms with Crippen LogP contribution in [0.5, 0.6) is 11.5 Å². The minimum atomic E-state index is 0.215. The molecule has 0 aliphatic rings. The van der Waals surface area contributed by atoms with E-state index in [4.69, 9.17) is 4.74 Å². The Morgan fingerprint density at radius 1 is 1.21 bits per heavy atom. The Morgan fingerprint density at radius 3 is 2.84 bits per heavy atom. The Morgan fingerprint density at radius 2 is 2.05 bits per heavy atom. The monoisotopic (exact) mass is 318 g/mol. The average molecular weight is 319 g/mol. The predicted molar refractivity (Wildman–Crippen MR) is 77.4 cm³/mol. The highest BCUT2D eigenvalue weighted by molar-refractivity contribution is 9.10. The third-order valence-electron chi connectivity index (χ3n) is 2.89. The molecule has 0 bridgehead atoms. The van der Waals surface area contributed by atoms with Crippen molar-refractivity contribution in [3.05, 3.63) is 40.9 Å². The first-order chi connectivity index (χ1) is 9.17. The lowest BCUT2D eigenvalue weighted by Crippen LogP contribution is -1.86. The van der Waals surface area contributed by atoms with Crippen molar-refractivity contribution in [1.82, 2.24) is 9.97 Å². The van der Waals surface area contributed by atoms with Crippen LogP contribution < -0.4 is 4.74 Å². The number of halogens is 1. The van der Waals surface area contributed by atoms with Gasteiger partial charge in [0.1, 0.15) is 17.3 Å². The van der Waals surface area contributed by atoms with Crippen LogP contribution in [0.25, 0.3) is 22.4 Å². The van der Waals surface area contributed by atoms with Crippen molar-refractivity contribution < 1.29 is 9.84 Å². The lowest BCUT2D eigenvalue weighted by atomic mass is 10.2. The van der Waals surface area contributed by atoms with Gasteiger partial charge in [0, 0.05) is 16.1 Å². The fourth-order valence-electron chi connectivity index (χ4n) is 1.94. The molecule has 2 aromatic carbocycles. The van der Waals surface area contributed by atoms with Gasteiger partial charge in [0.05, 0.1) is 18.1 Å². The van der Waals surface area contributed by atoms with Crippen LogP contribution in [0.15, 0.2) is 40.9 Å². The summed E-state index contributed by atoms with van der Waals surface area (Å²) < 4.78 is 6.15. The predicted octanol–water partition coefficient (Wildman–Crippen LogP) is 3.71. The molecular weight excluding hydrogens is 308 g/mol. The number of hydrogen-bond acceptors (Lipinski definition) is 3. The number of nitrogens with zero attached hydrogens (tertiary/aromatic N) is 1. The summed E-state index contributed by atoms with van der Waals surface area (Å²) in [7, 11) is 1.63. The molecule has 0 amide bonds. The van der Waals surface area contributed by atoms with E-state index in [2.05, 4.69) is 25.9 Å². The third kappa shape index (κ3) is 2.17. The Hall–Kier alpha value is -2.01. The molecule has 1 aromatic heterocycles. The van der Waals surface area contributed by atoms with Crippen molar-refractivity contribution in [3.63, 3.8) is 0 Å². The molecule has 0 saturated carbocycles. The molecule has 2 N–H and O–H groups in total. The maximum atomic E-state index is 9.47. The largest absolute Gasteiger partial charge is 0.508 e. The number of aromatic nitrogens is 2. The number of H-pyrrole nitrogens is 1. The van der Waals surface area contributed by atoms with Crippen molar-refractivity contribution in [3.8, 4) is 22.9 Å². The van der Waals surface area contributed by atoms with Gasteiger partial charge in [-0.3, -0.25) is 0 Å². The molecule has 1 heterocycles. The van der Waals surface area contributed by atoms with E-state index in [0.29, 0.717) is 0 Å². The topological polar surface area (TPSA) is 58.1 Å². The lowest BCUT2D eigenvalue weighted by Gasteiger charge is -2.04. The van der Waals surface area contributed by atoms with E-state index >= 15 is 0 Å². The van der Waals surface area contributed by atoms with Crippen LogP contribution in [-0.4, -0.2) is 22.2 Å². The molecule has 0 atom stereocenters. The van der Waals surface area contributed by atoms with Crippen LogP contribution in [0.3, 0.4) is 0 Å². The van der Waals surface area contributed by atoms with Crippen molar-refractivity contribution in [2.24, 2.45) is 0 Å². The highest BCUT2D eigenvalue weighted by atomic mass is 79.9. The number of hydrogen-bond donors (Lipinski definition) is 2. The van der Waals surface area contributed by atoms with Crippen LogP contribution in [-0.2, 0) is 0 Å². The van der Waals surface area contributed by atoms with Crippen molar-refractivity contribution in [2.75, 3.05) is 7.11 Å². The zero-order valence-corrected chi connectivity index (χ0v) is 11.7. The van der Waals surface area contributed by atoms with Gasteiger partial charge >= 0.3 is 0 Å². The van der Waals surface area contributed by atoms with E-state index in [9.17, 15) is 5.11 Å². The summed E-state index contributed by atoms with van der Waals surface area (Å²) in [6, 6.07) is 10.7. The highest BCUT2D eigenvalue weighted by Gasteiger charge is 2.10. The smallest absolute Gasteiger partial charge is 0.139 e. The maximum Gasteiger partial charge on any atom is 0.139 e. The molecule has 0 spiro atoms. The normalized spacial score (nSPS) is 10.8. The number of rotatable bonds is 2. The number of nitrogens with one attached hydrogen (secondary N) is 1. The first kappa shape index (κ1) is 12.0. The number of fused-ring (bicyclic) bond motifs is 1. The lowest BCUT2D eigenvalue weighted by molar-refractivity contribution is 0.415. The Balaban J connectivity index is 2.18. The van der Waals surface area contributed by atoms with Crippen LogP contribution in [0.4, 0.5) is 0 Å². The van der Waals surface area contributed by atoms with Crippen LogP contribution in [0.2, 0.25) is 0 Å². The first-order valence-electron chi connectivity index (χ1n) is 5.70. The summed E-state index contributed by atoms with van der Waals surface area (Å²) in [4.78, 5) is 7.70. The highest BCUT2D eigenvalue weighted by Crippen LogP contribution is 2.31. The van der Waals surface area contributed by atoms with Gasteiger partial charge in [-0.2, -0.15) is 0 Å². The molecule has 5 heteroatoms. The molecular formula is C14H11BrN2O2. The number of phenolic OH excluding ortho intramolecular Hbond substituents is 1. The van der Waals surface area contributed by atoms with Crippen LogP contribution >= 0.6 is 15.9 Å². The van der Waals surface area contributed by atoms with Crippen LogP contribution in [0, 0.1) is 0 Å². The summed E-state index contributed by atoms with van der Waals surface area (Å²) in [6.45, 7) is 0. The number of phenols is 1. The van der Waals surface area contributed by atoms with E-state index in [1.54, 1.807) is 25.3 Å². The average Bonchev–Trinajstić information content (AvgIpc) is 2.82. The third-order valence-corrected chi connectivity index (χ3v) is 3.59. The minimum Gasteiger partial charge on any atom is -0.508 e. The second-order valence-electron chi connectivity index (χ2n) is 4.13. The van der Waals surface area contributed by atoms with E-state index in [-0.39, 0.29) is 5.75 Å². The van der Waals surface area contributed by atoms with Crippen LogP contribution in [0.1, 0.15) is 0 Å². The first-order valence-corrected chi connectivity index (χ1v) is 6.49. The molecule has 3 rings (SSSR count). The Labute approximate surface area is 118 Å². The maximum absolute atomic E-state index is 9.47. The summed E-state index contributed by atoms with van der Waals surface area (Å²) in [6.07, 6.45) is 0. The molecule has 0 radical (unpaired) electrons. The fraction of sp³-hybridized carbons (Fsp3) is 0.0714. The van der Waals surface area contributed by atoms with Gasteiger partial charge in [-0.25, -0.2) is 4.98 Å². The zero-order valence-electron chi connectivity index (χ0n) is 10.1. The summed E-state index contributed by atoms with van der Waals surface area (Å²) in [5.74, 6) is 1.71. The van der Waals surface area contributed by atoms with Gasteiger partial charge in [-0.1, -0.05) is 15.9 Å². The van der Waals surface area contributed by atoms with Crippen molar-refractivity contribution in [1.29, 1.82) is 0 Å². The van der Waals surface area contributed by atoms with Gasteiger partial charge in [-0.05, 0) is 30.3 Å². The quantitative estimate of drug-likeness (QED) is 0.757. The van der Waals surface area contributed by atoms with Crippen molar-refractivity contribution >= 4 is 27.0 Å². The zero-order chi connectivity index (χ0) is 13.4. The molecule has 96 valence electrons. The fourth-order valence-corrected chi connectivity index (χ4v) is 2.37. The number of methoxy groups -OCH3 is 1. The molecule has 4 nitrogen and oxygen atoms in total. The molecule has 19 heavy (non-hydrogen) atoms. The number of aromatic amines is 1. The number of benzene rings is 2. The van der Waals surface area contributed by atoms with Gasteiger partial charge in [-0.15, -0.1) is 0 Å². The number of imidazole rings is 1. The van der Waals surface area contributed by atoms with Gasteiger partial charge < -0.3 is 14.8 Å². The molecule has 0 saturated heterocycles. The number of aromatic hydroxyl groups is 1. The van der Waals surface area contributed by atoms with E-state index in [1.807, 2.05) is 18.2 Å². The van der Waals surface area contributed by atoms with Gasteiger partial charge in [0.25, 0.3) is 0 Å². The Kier molecular flexibility index (Phi) is 2.91. The van der Waals surface area contributed by atoms with Gasteiger partial charge in [0.2, 0.25) is 0 Å². The standard InChI is InChI=1S/C14H11BrN2O2/c1-19-9-3-4-11(15)10(7-9)14-16-12-5-2-8(18)6-13(12)17-14/h2-7,18H,1H3,(H,16,17). The molecule has 0 unspecified atom stereocenters. The van der Waals surface area contributed by atoms with Crippen molar-refractivity contribution in [2.45, 2.75) is 0 Å². The van der Waals surface area contributed by atoms with E-state index in [0.717, 1.165) is 32.6 Å². The summed E-state index contributed by atoms with van der Waals surface area (Å²) in [5.41, 5.74) is 2.52. The second kappa shape index (κ2) is 4.59. The van der Waals surface area contributed by atoms with E-state index < -0.39 is 0 Å². The molecule has 3 aromatic rings. The molecule has 0 aliphatic carbocycles. The summed E-state index contributed by atoms with van der Waals surface area (Å²) in [5, 5.41) is 9.47.